The van der Waals surface area contributed by atoms with E-state index >= 15 is 0 Å². The highest BCUT2D eigenvalue weighted by atomic mass is 32.2. The fraction of sp³-hybridized carbons (Fsp3) is 0.0909. The summed E-state index contributed by atoms with van der Waals surface area (Å²) < 4.78 is 0. The van der Waals surface area contributed by atoms with Crippen molar-refractivity contribution in [3.63, 3.8) is 0 Å². The van der Waals surface area contributed by atoms with Crippen LogP contribution in [0.4, 0.5) is 0 Å². The molecule has 0 saturated carbocycles. The van der Waals surface area contributed by atoms with Crippen LogP contribution in [-0.4, -0.2) is 9.97 Å². The fourth-order valence-electron chi connectivity index (χ4n) is 1.16. The second-order valence-corrected chi connectivity index (χ2v) is 4.09. The highest BCUT2D eigenvalue weighted by molar-refractivity contribution is 7.99. The zero-order valence-electron chi connectivity index (χ0n) is 8.13. The molecule has 0 spiro atoms. The monoisotopic (exact) mass is 217 g/mol. The molecule has 0 fully saturated rings. The van der Waals surface area contributed by atoms with Crippen LogP contribution in [0, 0.1) is 0 Å². The van der Waals surface area contributed by atoms with Crippen molar-refractivity contribution in [2.75, 3.05) is 0 Å². The fourth-order valence-corrected chi connectivity index (χ4v) is 1.98. The molecular weight excluding hydrogens is 206 g/mol. The van der Waals surface area contributed by atoms with Gasteiger partial charge in [-0.05, 0) is 29.8 Å². The van der Waals surface area contributed by atoms with Gasteiger partial charge in [0.15, 0.2) is 0 Å². The quantitative estimate of drug-likeness (QED) is 0.855. The van der Waals surface area contributed by atoms with Crippen molar-refractivity contribution in [3.8, 4) is 0 Å². The molecule has 2 aromatic heterocycles. The molecule has 4 heteroatoms. The molecule has 76 valence electrons. The summed E-state index contributed by atoms with van der Waals surface area (Å²) in [7, 11) is 0. The third-order valence-electron chi connectivity index (χ3n) is 1.91. The van der Waals surface area contributed by atoms with E-state index in [-0.39, 0.29) is 0 Å². The first-order valence-electron chi connectivity index (χ1n) is 4.61. The number of hydrogen-bond acceptors (Lipinski definition) is 4. The van der Waals surface area contributed by atoms with Crippen molar-refractivity contribution in [1.82, 2.24) is 9.97 Å². The van der Waals surface area contributed by atoms with Crippen molar-refractivity contribution in [2.45, 2.75) is 16.5 Å². The lowest BCUT2D eigenvalue weighted by Gasteiger charge is -2.01. The van der Waals surface area contributed by atoms with E-state index in [2.05, 4.69) is 9.97 Å². The lowest BCUT2D eigenvalue weighted by atomic mass is 10.3. The summed E-state index contributed by atoms with van der Waals surface area (Å²) in [6.45, 7) is 0.548. The van der Waals surface area contributed by atoms with Crippen LogP contribution in [0.25, 0.3) is 0 Å². The first-order valence-corrected chi connectivity index (χ1v) is 5.43. The Labute approximate surface area is 92.8 Å². The average Bonchev–Trinajstić information content (AvgIpc) is 2.31. The largest absolute Gasteiger partial charge is 0.326 e. The molecule has 2 heterocycles. The van der Waals surface area contributed by atoms with Crippen LogP contribution in [0.15, 0.2) is 52.8 Å². The molecule has 2 aromatic rings. The summed E-state index contributed by atoms with van der Waals surface area (Å²) in [6, 6.07) is 7.85. The minimum absolute atomic E-state index is 0.548. The zero-order chi connectivity index (χ0) is 10.5. The van der Waals surface area contributed by atoms with Gasteiger partial charge in [0.05, 0.1) is 0 Å². The van der Waals surface area contributed by atoms with E-state index in [4.69, 9.17) is 5.73 Å². The first-order chi connectivity index (χ1) is 7.38. The van der Waals surface area contributed by atoms with Gasteiger partial charge in [0, 0.05) is 30.0 Å². The predicted octanol–water partition coefficient (Wildman–Crippen LogP) is 2.09. The van der Waals surface area contributed by atoms with Crippen LogP contribution in [-0.2, 0) is 6.54 Å². The third kappa shape index (κ3) is 2.78. The van der Waals surface area contributed by atoms with Crippen LogP contribution in [0.3, 0.4) is 0 Å². The first kappa shape index (κ1) is 10.1. The third-order valence-corrected chi connectivity index (χ3v) is 2.85. The second kappa shape index (κ2) is 4.91. The summed E-state index contributed by atoms with van der Waals surface area (Å²) in [5, 5.41) is 0.962. The highest BCUT2D eigenvalue weighted by Crippen LogP contribution is 2.25. The number of nitrogens with two attached hydrogens (primary N) is 1. The highest BCUT2D eigenvalue weighted by Gasteiger charge is 1.98. The molecule has 0 aromatic carbocycles. The lowest BCUT2D eigenvalue weighted by Crippen LogP contribution is -1.96. The number of aromatic nitrogens is 2. The van der Waals surface area contributed by atoms with Crippen LogP contribution >= 0.6 is 11.8 Å². The normalized spacial score (nSPS) is 10.2. The van der Waals surface area contributed by atoms with Crippen molar-refractivity contribution in [1.29, 1.82) is 0 Å². The van der Waals surface area contributed by atoms with Gasteiger partial charge in [-0.2, -0.15) is 0 Å². The molecule has 0 atom stereocenters. The predicted molar refractivity (Wildman–Crippen MR) is 60.5 cm³/mol. The Bertz CT molecular complexity index is 431. The maximum atomic E-state index is 5.57. The Hall–Kier alpha value is -1.39. The summed E-state index contributed by atoms with van der Waals surface area (Å²) in [5.41, 5.74) is 6.66. The van der Waals surface area contributed by atoms with Gasteiger partial charge in [0.2, 0.25) is 0 Å². The van der Waals surface area contributed by atoms with E-state index in [9.17, 15) is 0 Å². The molecule has 2 rings (SSSR count). The molecule has 0 bridgehead atoms. The van der Waals surface area contributed by atoms with Gasteiger partial charge < -0.3 is 5.73 Å². The molecule has 3 nitrogen and oxygen atoms in total. The van der Waals surface area contributed by atoms with Crippen LogP contribution < -0.4 is 5.73 Å². The average molecular weight is 217 g/mol. The van der Waals surface area contributed by atoms with Gasteiger partial charge in [-0.15, -0.1) is 0 Å². The smallest absolute Gasteiger partial charge is 0.101 e. The van der Waals surface area contributed by atoms with E-state index in [0.29, 0.717) is 6.54 Å². The maximum Gasteiger partial charge on any atom is 0.101 e. The second-order valence-electron chi connectivity index (χ2n) is 2.99. The molecule has 0 radical (unpaired) electrons. The van der Waals surface area contributed by atoms with Crippen LogP contribution in [0.5, 0.6) is 0 Å². The van der Waals surface area contributed by atoms with E-state index in [0.717, 1.165) is 15.5 Å². The van der Waals surface area contributed by atoms with E-state index in [1.165, 1.54) is 0 Å². The van der Waals surface area contributed by atoms with Gasteiger partial charge in [-0.3, -0.25) is 4.98 Å². The molecule has 0 unspecified atom stereocenters. The minimum Gasteiger partial charge on any atom is -0.326 e. The van der Waals surface area contributed by atoms with E-state index in [1.54, 1.807) is 30.4 Å². The molecule has 0 saturated heterocycles. The van der Waals surface area contributed by atoms with E-state index in [1.807, 2.05) is 24.3 Å². The summed E-state index contributed by atoms with van der Waals surface area (Å²) >= 11 is 1.61. The van der Waals surface area contributed by atoms with Gasteiger partial charge in [0.1, 0.15) is 5.03 Å². The zero-order valence-corrected chi connectivity index (χ0v) is 8.95. The molecule has 0 aliphatic carbocycles. The van der Waals surface area contributed by atoms with Gasteiger partial charge in [-0.1, -0.05) is 11.8 Å². The van der Waals surface area contributed by atoms with Crippen molar-refractivity contribution in [2.24, 2.45) is 5.73 Å². The Balaban J connectivity index is 2.17. The van der Waals surface area contributed by atoms with E-state index < -0.39 is 0 Å². The number of nitrogens with zero attached hydrogens (tertiary/aromatic N) is 2. The maximum absolute atomic E-state index is 5.57. The standard InChI is InChI=1S/C11H11N3S/c12-8-9-1-6-14-11(7-9)15-10-2-4-13-5-3-10/h1-7H,8,12H2. The van der Waals surface area contributed by atoms with Gasteiger partial charge in [0.25, 0.3) is 0 Å². The molecular formula is C11H11N3S. The number of hydrogen-bond donors (Lipinski definition) is 1. The van der Waals surface area contributed by atoms with Gasteiger partial charge >= 0.3 is 0 Å². The molecule has 2 N–H and O–H groups in total. The van der Waals surface area contributed by atoms with Crippen molar-refractivity contribution in [3.05, 3.63) is 48.4 Å². The topological polar surface area (TPSA) is 51.8 Å². The molecule has 15 heavy (non-hydrogen) atoms. The van der Waals surface area contributed by atoms with Gasteiger partial charge in [-0.25, -0.2) is 4.98 Å². The summed E-state index contributed by atoms with van der Waals surface area (Å²) in [6.07, 6.45) is 5.33. The van der Waals surface area contributed by atoms with Crippen LogP contribution in [0.1, 0.15) is 5.56 Å². The molecule has 0 aliphatic rings. The van der Waals surface area contributed by atoms with Crippen molar-refractivity contribution < 1.29 is 0 Å². The summed E-state index contributed by atoms with van der Waals surface area (Å²) in [5.74, 6) is 0. The molecule has 0 aliphatic heterocycles. The SMILES string of the molecule is NCc1ccnc(Sc2ccncc2)c1. The number of rotatable bonds is 3. The lowest BCUT2D eigenvalue weighted by molar-refractivity contribution is 1.02. The van der Waals surface area contributed by atoms with Crippen LogP contribution in [0.2, 0.25) is 0 Å². The Morgan fingerprint density at radius 2 is 1.93 bits per heavy atom. The Kier molecular flexibility index (Phi) is 3.32. The van der Waals surface area contributed by atoms with Crippen molar-refractivity contribution >= 4 is 11.8 Å². The Morgan fingerprint density at radius 1 is 1.13 bits per heavy atom. The minimum atomic E-state index is 0.548. The Morgan fingerprint density at radius 3 is 2.67 bits per heavy atom. The number of pyridine rings is 2. The molecule has 0 amide bonds. The summed E-state index contributed by atoms with van der Waals surface area (Å²) in [4.78, 5) is 9.37.